The van der Waals surface area contributed by atoms with Gasteiger partial charge in [0.05, 0.1) is 0 Å². The maximum Gasteiger partial charge on any atom is 0.243 e. The molecule has 1 aliphatic rings. The molecule has 1 aromatic carbocycles. The topological polar surface area (TPSA) is 72.2 Å². The van der Waals surface area contributed by atoms with Crippen LogP contribution in [-0.4, -0.2) is 14.5 Å². The maximum atomic E-state index is 14.1. The number of nitrogens with two attached hydrogens (primary N) is 1. The Morgan fingerprint density at radius 1 is 1.38 bits per heavy atom. The van der Waals surface area contributed by atoms with Crippen molar-refractivity contribution in [1.82, 2.24) is 4.72 Å². The summed E-state index contributed by atoms with van der Waals surface area (Å²) in [6.45, 7) is 5.76. The number of halogens is 1. The highest BCUT2D eigenvalue weighted by atomic mass is 32.2. The van der Waals surface area contributed by atoms with Gasteiger partial charge in [0.2, 0.25) is 10.0 Å². The van der Waals surface area contributed by atoms with Crippen molar-refractivity contribution in [3.8, 4) is 0 Å². The Morgan fingerprint density at radius 3 is 2.67 bits per heavy atom. The highest BCUT2D eigenvalue weighted by Gasteiger charge is 2.32. The minimum atomic E-state index is -3.89. The molecule has 1 atom stereocenters. The molecule has 1 aromatic rings. The molecule has 21 heavy (non-hydrogen) atoms. The molecule has 0 bridgehead atoms. The maximum absolute atomic E-state index is 14.1. The average Bonchev–Trinajstić information content (AvgIpc) is 2.31. The van der Waals surface area contributed by atoms with Gasteiger partial charge in [0.25, 0.3) is 0 Å². The molecule has 1 unspecified atom stereocenters. The summed E-state index contributed by atoms with van der Waals surface area (Å²) in [5, 5.41) is 0. The summed E-state index contributed by atoms with van der Waals surface area (Å²) < 4.78 is 41.6. The zero-order valence-corrected chi connectivity index (χ0v) is 13.6. The standard InChI is InChI=1S/C15H23FN2O2S/c1-10-7-11(17)8-13(14(10)16)21(19,20)18-12-5-4-6-15(2,3)9-12/h7-8,12,18H,4-6,9,17H2,1-3H3. The van der Waals surface area contributed by atoms with Crippen LogP contribution in [0.5, 0.6) is 0 Å². The van der Waals surface area contributed by atoms with Crippen LogP contribution in [0.1, 0.15) is 45.1 Å². The van der Waals surface area contributed by atoms with Crippen molar-refractivity contribution in [2.45, 2.75) is 57.4 Å². The number of nitrogens with one attached hydrogen (secondary N) is 1. The van der Waals surface area contributed by atoms with Crippen molar-refractivity contribution in [3.63, 3.8) is 0 Å². The molecule has 118 valence electrons. The van der Waals surface area contributed by atoms with E-state index in [0.717, 1.165) is 25.7 Å². The van der Waals surface area contributed by atoms with Crippen molar-refractivity contribution in [3.05, 3.63) is 23.5 Å². The van der Waals surface area contributed by atoms with Crippen LogP contribution < -0.4 is 10.5 Å². The lowest BCUT2D eigenvalue weighted by Gasteiger charge is -2.35. The lowest BCUT2D eigenvalue weighted by molar-refractivity contribution is 0.212. The number of hydrogen-bond acceptors (Lipinski definition) is 3. The van der Waals surface area contributed by atoms with E-state index in [1.807, 2.05) is 0 Å². The van der Waals surface area contributed by atoms with Gasteiger partial charge in [-0.3, -0.25) is 0 Å². The zero-order valence-electron chi connectivity index (χ0n) is 12.7. The first kappa shape index (κ1) is 16.2. The van der Waals surface area contributed by atoms with Gasteiger partial charge in [0, 0.05) is 11.7 Å². The molecule has 0 aliphatic heterocycles. The Kier molecular flexibility index (Phi) is 4.31. The third-order valence-corrected chi connectivity index (χ3v) is 5.58. The van der Waals surface area contributed by atoms with E-state index >= 15 is 0 Å². The smallest absolute Gasteiger partial charge is 0.243 e. The third-order valence-electron chi connectivity index (χ3n) is 4.06. The number of benzene rings is 1. The second kappa shape index (κ2) is 5.57. The van der Waals surface area contributed by atoms with E-state index in [1.165, 1.54) is 19.1 Å². The number of anilines is 1. The number of hydrogen-bond donors (Lipinski definition) is 2. The number of sulfonamides is 1. The molecule has 0 spiro atoms. The van der Waals surface area contributed by atoms with Gasteiger partial charge >= 0.3 is 0 Å². The minimum absolute atomic E-state index is 0.107. The summed E-state index contributed by atoms with van der Waals surface area (Å²) in [5.74, 6) is -0.730. The van der Waals surface area contributed by atoms with E-state index in [0.29, 0.717) is 0 Å². The molecule has 0 aromatic heterocycles. The van der Waals surface area contributed by atoms with Gasteiger partial charge in [-0.05, 0) is 49.3 Å². The monoisotopic (exact) mass is 314 g/mol. The van der Waals surface area contributed by atoms with Gasteiger partial charge in [-0.15, -0.1) is 0 Å². The Morgan fingerprint density at radius 2 is 2.05 bits per heavy atom. The molecular formula is C15H23FN2O2S. The van der Waals surface area contributed by atoms with Gasteiger partial charge in [-0.2, -0.15) is 0 Å². The quantitative estimate of drug-likeness (QED) is 0.843. The molecule has 2 rings (SSSR count). The van der Waals surface area contributed by atoms with Crippen LogP contribution in [0.25, 0.3) is 0 Å². The van der Waals surface area contributed by atoms with E-state index in [2.05, 4.69) is 18.6 Å². The summed E-state index contributed by atoms with van der Waals surface area (Å²) >= 11 is 0. The molecule has 1 fully saturated rings. The fourth-order valence-corrected chi connectivity index (χ4v) is 4.50. The summed E-state index contributed by atoms with van der Waals surface area (Å²) in [6, 6.07) is 2.45. The van der Waals surface area contributed by atoms with Crippen LogP contribution in [0, 0.1) is 18.2 Å². The Hall–Kier alpha value is -1.14. The highest BCUT2D eigenvalue weighted by molar-refractivity contribution is 7.89. The lowest BCUT2D eigenvalue weighted by Crippen LogP contribution is -2.40. The van der Waals surface area contributed by atoms with Crippen molar-refractivity contribution < 1.29 is 12.8 Å². The first-order valence-electron chi connectivity index (χ1n) is 7.19. The fraction of sp³-hybridized carbons (Fsp3) is 0.600. The van der Waals surface area contributed by atoms with Crippen LogP contribution in [0.4, 0.5) is 10.1 Å². The highest BCUT2D eigenvalue weighted by Crippen LogP contribution is 2.35. The van der Waals surface area contributed by atoms with Gasteiger partial charge < -0.3 is 5.73 Å². The number of nitrogen functional groups attached to an aromatic ring is 1. The van der Waals surface area contributed by atoms with Crippen LogP contribution in [0.3, 0.4) is 0 Å². The number of rotatable bonds is 3. The van der Waals surface area contributed by atoms with Crippen LogP contribution >= 0.6 is 0 Å². The van der Waals surface area contributed by atoms with Crippen molar-refractivity contribution >= 4 is 15.7 Å². The van der Waals surface area contributed by atoms with Crippen molar-refractivity contribution in [2.75, 3.05) is 5.73 Å². The SMILES string of the molecule is Cc1cc(N)cc(S(=O)(=O)NC2CCCC(C)(C)C2)c1F. The first-order chi connectivity index (χ1) is 9.61. The molecule has 1 aliphatic carbocycles. The first-order valence-corrected chi connectivity index (χ1v) is 8.67. The molecule has 0 radical (unpaired) electrons. The minimum Gasteiger partial charge on any atom is -0.399 e. The van der Waals surface area contributed by atoms with E-state index in [1.54, 1.807) is 0 Å². The molecule has 0 saturated heterocycles. The van der Waals surface area contributed by atoms with E-state index in [9.17, 15) is 12.8 Å². The lowest BCUT2D eigenvalue weighted by atomic mass is 9.75. The Bertz CT molecular complexity index is 641. The largest absolute Gasteiger partial charge is 0.399 e. The molecule has 4 nitrogen and oxygen atoms in total. The van der Waals surface area contributed by atoms with E-state index in [4.69, 9.17) is 5.73 Å². The van der Waals surface area contributed by atoms with Gasteiger partial charge in [-0.1, -0.05) is 20.3 Å². The van der Waals surface area contributed by atoms with Gasteiger partial charge in [0.15, 0.2) is 0 Å². The summed E-state index contributed by atoms with van der Waals surface area (Å²) in [4.78, 5) is -0.358. The third kappa shape index (κ3) is 3.74. The molecule has 0 heterocycles. The second-order valence-corrected chi connectivity index (χ2v) is 8.41. The van der Waals surface area contributed by atoms with Crippen molar-refractivity contribution in [1.29, 1.82) is 0 Å². The fourth-order valence-electron chi connectivity index (χ4n) is 3.04. The molecule has 6 heteroatoms. The van der Waals surface area contributed by atoms with E-state index in [-0.39, 0.29) is 27.6 Å². The van der Waals surface area contributed by atoms with Gasteiger partial charge in [0.1, 0.15) is 10.7 Å². The predicted octanol–water partition coefficient (Wildman–Crippen LogP) is 2.96. The summed E-state index contributed by atoms with van der Waals surface area (Å²) in [6.07, 6.45) is 3.59. The predicted molar refractivity (Wildman–Crippen MR) is 81.9 cm³/mol. The van der Waals surface area contributed by atoms with Crippen LogP contribution in [0.15, 0.2) is 17.0 Å². The Labute approximate surface area is 126 Å². The van der Waals surface area contributed by atoms with Crippen LogP contribution in [-0.2, 0) is 10.0 Å². The van der Waals surface area contributed by atoms with Crippen LogP contribution in [0.2, 0.25) is 0 Å². The molecule has 3 N–H and O–H groups in total. The Balaban J connectivity index is 2.27. The summed E-state index contributed by atoms with van der Waals surface area (Å²) in [5.41, 5.74) is 6.23. The average molecular weight is 314 g/mol. The summed E-state index contributed by atoms with van der Waals surface area (Å²) in [7, 11) is -3.89. The van der Waals surface area contributed by atoms with Gasteiger partial charge in [-0.25, -0.2) is 17.5 Å². The molecule has 1 saturated carbocycles. The van der Waals surface area contributed by atoms with Crippen molar-refractivity contribution in [2.24, 2.45) is 5.41 Å². The zero-order chi connectivity index (χ0) is 15.8. The molecule has 0 amide bonds. The number of aryl methyl sites for hydroxylation is 1. The second-order valence-electron chi connectivity index (χ2n) is 6.73. The van der Waals surface area contributed by atoms with E-state index < -0.39 is 15.8 Å². The normalized spacial score (nSPS) is 22.2. The molecular weight excluding hydrogens is 291 g/mol.